The summed E-state index contributed by atoms with van der Waals surface area (Å²) in [5.41, 5.74) is 0.624. The van der Waals surface area contributed by atoms with Gasteiger partial charge >= 0.3 is 0 Å². The Morgan fingerprint density at radius 2 is 2.10 bits per heavy atom. The molecule has 160 valence electrons. The molecule has 1 amide bonds. The highest BCUT2D eigenvalue weighted by atomic mass is 35.5. The van der Waals surface area contributed by atoms with Gasteiger partial charge in [-0.3, -0.25) is 4.79 Å². The highest BCUT2D eigenvalue weighted by Gasteiger charge is 2.17. The summed E-state index contributed by atoms with van der Waals surface area (Å²) < 4.78 is 16.9. The second-order valence-corrected chi connectivity index (χ2v) is 8.55. The van der Waals surface area contributed by atoms with Crippen molar-refractivity contribution in [3.05, 3.63) is 41.2 Å². The minimum absolute atomic E-state index is 0.0496. The van der Waals surface area contributed by atoms with E-state index < -0.39 is 0 Å². The van der Waals surface area contributed by atoms with E-state index in [1.54, 1.807) is 31.3 Å². The summed E-state index contributed by atoms with van der Waals surface area (Å²) in [5.74, 6) is 2.14. The molecule has 0 fully saturated rings. The zero-order valence-corrected chi connectivity index (χ0v) is 18.8. The molecule has 3 rings (SSSR count). The number of hydrogen-bond donors (Lipinski definition) is 1. The number of carbonyl (C=O) groups excluding carboxylic acids is 1. The van der Waals surface area contributed by atoms with Gasteiger partial charge in [0, 0.05) is 18.6 Å². The van der Waals surface area contributed by atoms with Crippen LogP contribution in [-0.4, -0.2) is 22.7 Å². The molecule has 30 heavy (non-hydrogen) atoms. The smallest absolute Gasteiger partial charge is 0.279 e. The molecule has 7 nitrogen and oxygen atoms in total. The fraction of sp³-hybridized carbons (Fsp3) is 0.381. The van der Waals surface area contributed by atoms with Gasteiger partial charge < -0.3 is 19.3 Å². The molecule has 9 heteroatoms. The number of nitrogens with zero attached hydrogens (tertiary/aromatic N) is 2. The number of benzene rings is 1. The van der Waals surface area contributed by atoms with Gasteiger partial charge in [-0.1, -0.05) is 48.9 Å². The number of ether oxygens (including phenoxy) is 2. The summed E-state index contributed by atoms with van der Waals surface area (Å²) in [4.78, 5) is 16.6. The zero-order valence-electron chi connectivity index (χ0n) is 17.3. The van der Waals surface area contributed by atoms with Crippen molar-refractivity contribution < 1.29 is 18.8 Å². The molecule has 0 aliphatic heterocycles. The number of rotatable bonds is 9. The van der Waals surface area contributed by atoms with E-state index in [0.717, 1.165) is 4.88 Å². The summed E-state index contributed by atoms with van der Waals surface area (Å²) in [6.07, 6.45) is 2.07. The van der Waals surface area contributed by atoms with E-state index in [0.29, 0.717) is 52.1 Å². The molecule has 0 saturated heterocycles. The van der Waals surface area contributed by atoms with Gasteiger partial charge in [-0.05, 0) is 25.0 Å². The van der Waals surface area contributed by atoms with Crippen molar-refractivity contribution in [1.82, 2.24) is 15.5 Å². The van der Waals surface area contributed by atoms with E-state index in [2.05, 4.69) is 29.3 Å². The van der Waals surface area contributed by atoms with Crippen LogP contribution in [0.4, 0.5) is 0 Å². The Kier molecular flexibility index (Phi) is 7.33. The molecule has 3 aromatic rings. The lowest BCUT2D eigenvalue weighted by Crippen LogP contribution is -2.25. The van der Waals surface area contributed by atoms with Crippen LogP contribution in [-0.2, 0) is 4.79 Å². The fourth-order valence-electron chi connectivity index (χ4n) is 2.46. The van der Waals surface area contributed by atoms with Crippen LogP contribution in [0.3, 0.4) is 0 Å². The first-order valence-corrected chi connectivity index (χ1v) is 10.9. The van der Waals surface area contributed by atoms with Gasteiger partial charge in [-0.2, -0.15) is 0 Å². The van der Waals surface area contributed by atoms with Crippen molar-refractivity contribution in [1.29, 1.82) is 0 Å². The van der Waals surface area contributed by atoms with Gasteiger partial charge in [0.1, 0.15) is 17.2 Å². The number of carbonyl (C=O) groups is 1. The molecule has 1 N–H and O–H groups in total. The predicted molar refractivity (Wildman–Crippen MR) is 116 cm³/mol. The fourth-order valence-corrected chi connectivity index (χ4v) is 3.40. The van der Waals surface area contributed by atoms with Crippen molar-refractivity contribution in [2.24, 2.45) is 5.92 Å². The molecule has 0 aliphatic rings. The second-order valence-electron chi connectivity index (χ2n) is 7.15. The normalized spacial score (nSPS) is 12.1. The van der Waals surface area contributed by atoms with Gasteiger partial charge in [0.05, 0.1) is 28.7 Å². The Balaban J connectivity index is 1.66. The number of thiazole rings is 1. The summed E-state index contributed by atoms with van der Waals surface area (Å²) in [5, 5.41) is 7.78. The van der Waals surface area contributed by atoms with Gasteiger partial charge in [0.15, 0.2) is 5.76 Å². The third-order valence-electron chi connectivity index (χ3n) is 4.07. The largest absolute Gasteiger partial charge is 0.493 e. The van der Waals surface area contributed by atoms with Crippen molar-refractivity contribution in [3.8, 4) is 27.3 Å². The molecule has 1 aromatic carbocycles. The average Bonchev–Trinajstić information content (AvgIpc) is 3.37. The van der Waals surface area contributed by atoms with Crippen LogP contribution < -0.4 is 14.8 Å². The minimum atomic E-state index is -0.266. The Morgan fingerprint density at radius 3 is 2.80 bits per heavy atom. The van der Waals surface area contributed by atoms with Crippen molar-refractivity contribution in [3.63, 3.8) is 0 Å². The Hall–Kier alpha value is -2.58. The first-order valence-electron chi connectivity index (χ1n) is 9.68. The van der Waals surface area contributed by atoms with Crippen LogP contribution in [0.1, 0.15) is 45.9 Å². The van der Waals surface area contributed by atoms with Crippen LogP contribution in [0.25, 0.3) is 10.6 Å². The third kappa shape index (κ3) is 5.73. The highest BCUT2D eigenvalue weighted by molar-refractivity contribution is 7.16. The van der Waals surface area contributed by atoms with E-state index in [1.807, 2.05) is 13.0 Å². The molecule has 1 unspecified atom stereocenters. The van der Waals surface area contributed by atoms with Crippen LogP contribution in [0, 0.1) is 5.92 Å². The highest BCUT2D eigenvalue weighted by Crippen LogP contribution is 2.37. The number of amides is 1. The number of aromatic nitrogens is 2. The van der Waals surface area contributed by atoms with Gasteiger partial charge in [0.25, 0.3) is 5.19 Å². The first kappa shape index (κ1) is 22.1. The summed E-state index contributed by atoms with van der Waals surface area (Å²) in [6.45, 7) is 8.42. The summed E-state index contributed by atoms with van der Waals surface area (Å²) in [7, 11) is 0. The lowest BCUT2D eigenvalue weighted by molar-refractivity contribution is -0.121. The van der Waals surface area contributed by atoms with Gasteiger partial charge in [-0.15, -0.1) is 0 Å². The lowest BCUT2D eigenvalue weighted by atomic mass is 10.2. The molecule has 0 aliphatic carbocycles. The van der Waals surface area contributed by atoms with Crippen LogP contribution >= 0.6 is 22.9 Å². The molecule has 0 bridgehead atoms. The van der Waals surface area contributed by atoms with E-state index in [1.165, 1.54) is 11.3 Å². The molecule has 0 spiro atoms. The topological polar surface area (TPSA) is 86.5 Å². The Labute approximate surface area is 184 Å². The monoisotopic (exact) mass is 449 g/mol. The number of hydrogen-bond acceptors (Lipinski definition) is 7. The maximum atomic E-state index is 11.5. The third-order valence-corrected chi connectivity index (χ3v) is 5.27. The molecule has 2 aromatic heterocycles. The Bertz CT molecular complexity index is 1000. The number of nitrogens with one attached hydrogen (secondary N) is 1. The van der Waals surface area contributed by atoms with Crippen molar-refractivity contribution >= 4 is 28.8 Å². The minimum Gasteiger partial charge on any atom is -0.493 e. The molecule has 1 atom stereocenters. The molecule has 2 heterocycles. The standard InChI is InChI=1S/C21H24ClN3O4S/c1-5-20(26)24-13(4)18-9-16(25-29-18)19-10-23-21(30-19)28-17-7-6-14(8-15(17)22)27-11-12(2)3/h6-10,12-13H,5,11H2,1-4H3,(H,24,26). The van der Waals surface area contributed by atoms with E-state index in [4.69, 9.17) is 25.6 Å². The van der Waals surface area contributed by atoms with E-state index in [9.17, 15) is 4.79 Å². The zero-order chi connectivity index (χ0) is 21.7. The van der Waals surface area contributed by atoms with E-state index >= 15 is 0 Å². The predicted octanol–water partition coefficient (Wildman–Crippen LogP) is 5.87. The van der Waals surface area contributed by atoms with Gasteiger partial charge in [0.2, 0.25) is 5.91 Å². The maximum absolute atomic E-state index is 11.5. The first-order chi connectivity index (χ1) is 14.4. The lowest BCUT2D eigenvalue weighted by Gasteiger charge is -2.10. The second kappa shape index (κ2) is 9.95. The van der Waals surface area contributed by atoms with Crippen LogP contribution in [0.15, 0.2) is 35.0 Å². The molecule has 0 radical (unpaired) electrons. The molecule has 0 saturated carbocycles. The molecular weight excluding hydrogens is 426 g/mol. The van der Waals surface area contributed by atoms with Gasteiger partial charge in [-0.25, -0.2) is 4.98 Å². The Morgan fingerprint density at radius 1 is 1.30 bits per heavy atom. The van der Waals surface area contributed by atoms with E-state index in [-0.39, 0.29) is 11.9 Å². The maximum Gasteiger partial charge on any atom is 0.279 e. The van der Waals surface area contributed by atoms with Crippen LogP contribution in [0.2, 0.25) is 5.02 Å². The number of halogens is 1. The summed E-state index contributed by atoms with van der Waals surface area (Å²) >= 11 is 7.64. The van der Waals surface area contributed by atoms with Crippen molar-refractivity contribution in [2.75, 3.05) is 6.61 Å². The quantitative estimate of drug-likeness (QED) is 0.440. The molecular formula is C21H24ClN3O4S. The van der Waals surface area contributed by atoms with Crippen LogP contribution in [0.5, 0.6) is 16.7 Å². The summed E-state index contributed by atoms with van der Waals surface area (Å²) in [6, 6.07) is 6.81. The SMILES string of the molecule is CCC(=O)NC(C)c1cc(-c2cnc(Oc3ccc(OCC(C)C)cc3Cl)s2)no1. The average molecular weight is 450 g/mol. The van der Waals surface area contributed by atoms with Crippen molar-refractivity contribution in [2.45, 2.75) is 40.2 Å².